The molecular weight excluding hydrogens is 350 g/mol. The summed E-state index contributed by atoms with van der Waals surface area (Å²) in [6.45, 7) is 1.04. The van der Waals surface area contributed by atoms with Gasteiger partial charge in [-0.15, -0.1) is 0 Å². The molecule has 0 bridgehead atoms. The van der Waals surface area contributed by atoms with E-state index >= 15 is 0 Å². The van der Waals surface area contributed by atoms with E-state index in [2.05, 4.69) is 28.1 Å². The highest BCUT2D eigenvalue weighted by Crippen LogP contribution is 2.18. The van der Waals surface area contributed by atoms with Crippen LogP contribution < -0.4 is 10.1 Å². The highest BCUT2D eigenvalue weighted by Gasteiger charge is 2.13. The van der Waals surface area contributed by atoms with Gasteiger partial charge >= 0.3 is 0 Å². The maximum absolute atomic E-state index is 12.6. The third kappa shape index (κ3) is 3.74. The zero-order valence-electron chi connectivity index (χ0n) is 15.6. The van der Waals surface area contributed by atoms with Crippen LogP contribution in [0.2, 0.25) is 0 Å². The molecule has 28 heavy (non-hydrogen) atoms. The summed E-state index contributed by atoms with van der Waals surface area (Å²) in [6.07, 6.45) is 0. The van der Waals surface area contributed by atoms with E-state index in [1.165, 1.54) is 5.56 Å². The van der Waals surface area contributed by atoms with Crippen molar-refractivity contribution in [2.24, 2.45) is 0 Å². The Labute approximate surface area is 163 Å². The van der Waals surface area contributed by atoms with Crippen LogP contribution in [0.3, 0.4) is 0 Å². The fourth-order valence-electron chi connectivity index (χ4n) is 3.23. The molecule has 4 rings (SSSR count). The number of aromatic nitrogens is 2. The number of rotatable bonds is 6. The van der Waals surface area contributed by atoms with Gasteiger partial charge in [-0.25, -0.2) is 4.98 Å². The summed E-state index contributed by atoms with van der Waals surface area (Å²) < 4.78 is 7.35. The number of nitrogens with zero attached hydrogens (tertiary/aromatic N) is 2. The zero-order valence-corrected chi connectivity index (χ0v) is 15.6. The van der Waals surface area contributed by atoms with Crippen molar-refractivity contribution < 1.29 is 9.53 Å². The lowest BCUT2D eigenvalue weighted by Gasteiger charge is -2.11. The van der Waals surface area contributed by atoms with Crippen LogP contribution in [-0.2, 0) is 13.1 Å². The lowest BCUT2D eigenvalue weighted by atomic mass is 10.2. The number of hydrogen-bond acceptors (Lipinski definition) is 3. The number of amides is 1. The molecule has 0 radical (unpaired) electrons. The van der Waals surface area contributed by atoms with E-state index < -0.39 is 0 Å². The van der Waals surface area contributed by atoms with Gasteiger partial charge in [0.1, 0.15) is 11.6 Å². The molecule has 0 saturated carbocycles. The molecule has 0 aliphatic carbocycles. The summed E-state index contributed by atoms with van der Waals surface area (Å²) in [7, 11) is 1.59. The van der Waals surface area contributed by atoms with Crippen molar-refractivity contribution in [1.82, 2.24) is 14.9 Å². The van der Waals surface area contributed by atoms with Crippen LogP contribution in [0.25, 0.3) is 11.0 Å². The molecule has 0 unspecified atom stereocenters. The second kappa shape index (κ2) is 7.96. The molecule has 1 amide bonds. The fourth-order valence-corrected chi connectivity index (χ4v) is 3.23. The molecule has 0 aliphatic heterocycles. The summed E-state index contributed by atoms with van der Waals surface area (Å²) in [4.78, 5) is 17.3. The number of para-hydroxylation sites is 2. The van der Waals surface area contributed by atoms with Crippen LogP contribution in [0, 0.1) is 0 Å². The average molecular weight is 371 g/mol. The number of nitrogens with one attached hydrogen (secondary N) is 1. The number of ether oxygens (including phenoxy) is 1. The minimum Gasteiger partial charge on any atom is -0.497 e. The average Bonchev–Trinajstić information content (AvgIpc) is 3.10. The maximum atomic E-state index is 12.6. The normalized spacial score (nSPS) is 10.8. The SMILES string of the molecule is COc1cccc(C(=O)NCc2nc3ccccc3n2Cc2ccccc2)c1. The number of benzene rings is 3. The highest BCUT2D eigenvalue weighted by molar-refractivity contribution is 5.94. The molecule has 4 aromatic rings. The number of carbonyl (C=O) groups excluding carboxylic acids is 1. The largest absolute Gasteiger partial charge is 0.497 e. The first-order chi connectivity index (χ1) is 13.7. The van der Waals surface area contributed by atoms with Crippen molar-refractivity contribution in [3.05, 3.63) is 95.8 Å². The summed E-state index contributed by atoms with van der Waals surface area (Å²) in [5, 5.41) is 2.98. The summed E-state index contributed by atoms with van der Waals surface area (Å²) >= 11 is 0. The number of hydrogen-bond donors (Lipinski definition) is 1. The van der Waals surface area contributed by atoms with Gasteiger partial charge in [-0.2, -0.15) is 0 Å². The van der Waals surface area contributed by atoms with Gasteiger partial charge in [0.2, 0.25) is 0 Å². The predicted octanol–water partition coefficient (Wildman–Crippen LogP) is 4.02. The molecule has 5 heteroatoms. The lowest BCUT2D eigenvalue weighted by Crippen LogP contribution is -2.25. The van der Waals surface area contributed by atoms with Crippen LogP contribution in [0.15, 0.2) is 78.9 Å². The van der Waals surface area contributed by atoms with E-state index in [0.29, 0.717) is 24.4 Å². The maximum Gasteiger partial charge on any atom is 0.251 e. The highest BCUT2D eigenvalue weighted by atomic mass is 16.5. The first-order valence-corrected chi connectivity index (χ1v) is 9.15. The van der Waals surface area contributed by atoms with E-state index in [-0.39, 0.29) is 5.91 Å². The minimum absolute atomic E-state index is 0.155. The third-order valence-corrected chi connectivity index (χ3v) is 4.66. The Balaban J connectivity index is 1.59. The van der Waals surface area contributed by atoms with Crippen molar-refractivity contribution >= 4 is 16.9 Å². The second-order valence-corrected chi connectivity index (χ2v) is 6.50. The Hall–Kier alpha value is -3.60. The quantitative estimate of drug-likeness (QED) is 0.557. The van der Waals surface area contributed by atoms with Gasteiger partial charge in [0.05, 0.1) is 24.7 Å². The Morgan fingerprint density at radius 3 is 2.61 bits per heavy atom. The molecule has 0 spiro atoms. The van der Waals surface area contributed by atoms with Gasteiger partial charge in [0.15, 0.2) is 0 Å². The molecular formula is C23H21N3O2. The first-order valence-electron chi connectivity index (χ1n) is 9.15. The molecule has 0 aliphatic rings. The monoisotopic (exact) mass is 371 g/mol. The molecule has 0 saturated heterocycles. The number of imidazole rings is 1. The Morgan fingerprint density at radius 1 is 1.00 bits per heavy atom. The first kappa shape index (κ1) is 17.8. The van der Waals surface area contributed by atoms with Crippen molar-refractivity contribution in [1.29, 1.82) is 0 Å². The van der Waals surface area contributed by atoms with E-state index in [1.807, 2.05) is 42.5 Å². The topological polar surface area (TPSA) is 56.1 Å². The number of methoxy groups -OCH3 is 1. The molecule has 0 fully saturated rings. The van der Waals surface area contributed by atoms with Crippen molar-refractivity contribution in [2.45, 2.75) is 13.1 Å². The Bertz CT molecular complexity index is 1100. The van der Waals surface area contributed by atoms with Crippen molar-refractivity contribution in [2.75, 3.05) is 7.11 Å². The molecule has 1 aromatic heterocycles. The Kier molecular flexibility index (Phi) is 5.06. The Morgan fingerprint density at radius 2 is 1.79 bits per heavy atom. The second-order valence-electron chi connectivity index (χ2n) is 6.50. The van der Waals surface area contributed by atoms with E-state index in [1.54, 1.807) is 25.3 Å². The summed E-state index contributed by atoms with van der Waals surface area (Å²) in [5.74, 6) is 1.32. The molecule has 3 aromatic carbocycles. The van der Waals surface area contributed by atoms with Gasteiger partial charge in [0.25, 0.3) is 5.91 Å². The van der Waals surface area contributed by atoms with Gasteiger partial charge < -0.3 is 14.6 Å². The smallest absolute Gasteiger partial charge is 0.251 e. The lowest BCUT2D eigenvalue weighted by molar-refractivity contribution is 0.0949. The van der Waals surface area contributed by atoms with E-state index in [0.717, 1.165) is 16.9 Å². The zero-order chi connectivity index (χ0) is 19.3. The van der Waals surface area contributed by atoms with Crippen LogP contribution in [-0.4, -0.2) is 22.6 Å². The molecule has 5 nitrogen and oxygen atoms in total. The standard InChI is InChI=1S/C23H21N3O2/c1-28-19-11-7-10-18(14-19)23(27)24-15-22-25-20-12-5-6-13-21(20)26(22)16-17-8-3-2-4-9-17/h2-14H,15-16H2,1H3,(H,24,27). The van der Waals surface area contributed by atoms with Gasteiger partial charge in [-0.05, 0) is 35.9 Å². The molecule has 1 heterocycles. The molecule has 0 atom stereocenters. The summed E-state index contributed by atoms with van der Waals surface area (Å²) in [6, 6.07) is 25.4. The summed E-state index contributed by atoms with van der Waals surface area (Å²) in [5.41, 5.74) is 3.72. The number of fused-ring (bicyclic) bond motifs is 1. The number of carbonyl (C=O) groups is 1. The van der Waals surface area contributed by atoms with Gasteiger partial charge in [-0.1, -0.05) is 48.5 Å². The third-order valence-electron chi connectivity index (χ3n) is 4.66. The van der Waals surface area contributed by atoms with E-state index in [9.17, 15) is 4.79 Å². The predicted molar refractivity (Wildman–Crippen MR) is 109 cm³/mol. The van der Waals surface area contributed by atoms with Crippen LogP contribution >= 0.6 is 0 Å². The molecule has 1 N–H and O–H groups in total. The van der Waals surface area contributed by atoms with Gasteiger partial charge in [0, 0.05) is 12.1 Å². The van der Waals surface area contributed by atoms with Crippen molar-refractivity contribution in [3.63, 3.8) is 0 Å². The fraction of sp³-hybridized carbons (Fsp3) is 0.130. The van der Waals surface area contributed by atoms with Crippen LogP contribution in [0.1, 0.15) is 21.7 Å². The molecule has 140 valence electrons. The van der Waals surface area contributed by atoms with Crippen LogP contribution in [0.5, 0.6) is 5.75 Å². The van der Waals surface area contributed by atoms with E-state index in [4.69, 9.17) is 9.72 Å². The van der Waals surface area contributed by atoms with Crippen LogP contribution in [0.4, 0.5) is 0 Å². The minimum atomic E-state index is -0.155. The van der Waals surface area contributed by atoms with Crippen molar-refractivity contribution in [3.8, 4) is 5.75 Å². The van der Waals surface area contributed by atoms with Gasteiger partial charge in [-0.3, -0.25) is 4.79 Å².